The SMILES string of the molecule is NCC(=O)NCC(=O)NCn1cnc(CC(N)C(=O)NCC(=O)NCC(=O)O)c1. The zero-order valence-electron chi connectivity index (χ0n) is 15.5. The lowest BCUT2D eigenvalue weighted by Gasteiger charge is -2.11. The van der Waals surface area contributed by atoms with Crippen LogP contribution in [-0.2, 0) is 37.1 Å². The number of aromatic nitrogens is 2. The molecule has 1 unspecified atom stereocenters. The van der Waals surface area contributed by atoms with Gasteiger partial charge in [0.05, 0.1) is 44.4 Å². The highest BCUT2D eigenvalue weighted by atomic mass is 16.4. The molecule has 9 N–H and O–H groups in total. The smallest absolute Gasteiger partial charge is 0.322 e. The molecule has 0 bridgehead atoms. The summed E-state index contributed by atoms with van der Waals surface area (Å²) in [5.74, 6) is -3.32. The van der Waals surface area contributed by atoms with Gasteiger partial charge in [0, 0.05) is 12.6 Å². The Morgan fingerprint density at radius 2 is 1.62 bits per heavy atom. The molecule has 14 nitrogen and oxygen atoms in total. The second kappa shape index (κ2) is 12.0. The minimum absolute atomic E-state index is 0.0794. The van der Waals surface area contributed by atoms with Crippen LogP contribution in [0.1, 0.15) is 5.69 Å². The number of imidazole rings is 1. The van der Waals surface area contributed by atoms with Crippen molar-refractivity contribution in [3.05, 3.63) is 18.2 Å². The van der Waals surface area contributed by atoms with Crippen molar-refractivity contribution in [2.24, 2.45) is 11.5 Å². The largest absolute Gasteiger partial charge is 0.480 e. The Hall–Kier alpha value is -3.52. The second-order valence-electron chi connectivity index (χ2n) is 5.82. The van der Waals surface area contributed by atoms with Gasteiger partial charge >= 0.3 is 5.97 Å². The number of carbonyl (C=O) groups excluding carboxylic acids is 4. The Morgan fingerprint density at radius 1 is 1.00 bits per heavy atom. The number of aliphatic carboxylic acids is 1. The minimum atomic E-state index is -1.20. The van der Waals surface area contributed by atoms with Gasteiger partial charge in [-0.1, -0.05) is 0 Å². The summed E-state index contributed by atoms with van der Waals surface area (Å²) >= 11 is 0. The van der Waals surface area contributed by atoms with Crippen LogP contribution in [-0.4, -0.2) is 76.5 Å². The molecular weight excluding hydrogens is 388 g/mol. The maximum atomic E-state index is 11.9. The molecule has 0 aliphatic carbocycles. The van der Waals surface area contributed by atoms with E-state index in [1.54, 1.807) is 10.8 Å². The fourth-order valence-electron chi connectivity index (χ4n) is 1.94. The third-order valence-electron chi connectivity index (χ3n) is 3.40. The van der Waals surface area contributed by atoms with Crippen LogP contribution in [0.5, 0.6) is 0 Å². The number of nitrogens with one attached hydrogen (secondary N) is 4. The monoisotopic (exact) mass is 412 g/mol. The van der Waals surface area contributed by atoms with Gasteiger partial charge in [-0.3, -0.25) is 24.0 Å². The minimum Gasteiger partial charge on any atom is -0.480 e. The van der Waals surface area contributed by atoms with E-state index in [9.17, 15) is 24.0 Å². The van der Waals surface area contributed by atoms with Gasteiger partial charge in [0.1, 0.15) is 6.54 Å². The maximum Gasteiger partial charge on any atom is 0.322 e. The highest BCUT2D eigenvalue weighted by molar-refractivity contribution is 5.88. The van der Waals surface area contributed by atoms with Gasteiger partial charge in [0.2, 0.25) is 23.6 Å². The first-order chi connectivity index (χ1) is 13.7. The maximum absolute atomic E-state index is 11.9. The standard InChI is InChI=1S/C15H24N8O6/c16-2-11(24)18-3-13(26)22-8-23-6-9(21-7-23)1-10(17)15(29)20-4-12(25)19-5-14(27)28/h6-7,10H,1-5,8,16-17H2,(H,18,24)(H,19,25)(H,20,29)(H,22,26)(H,27,28). The summed E-state index contributed by atoms with van der Waals surface area (Å²) in [6, 6.07) is -0.980. The van der Waals surface area contributed by atoms with Gasteiger partial charge in [-0.15, -0.1) is 0 Å². The molecule has 1 atom stereocenters. The van der Waals surface area contributed by atoms with Crippen molar-refractivity contribution in [2.75, 3.05) is 26.2 Å². The zero-order valence-corrected chi connectivity index (χ0v) is 15.5. The van der Waals surface area contributed by atoms with Crippen molar-refractivity contribution in [2.45, 2.75) is 19.1 Å². The summed E-state index contributed by atoms with van der Waals surface area (Å²) in [7, 11) is 0. The van der Waals surface area contributed by atoms with E-state index in [4.69, 9.17) is 16.6 Å². The number of rotatable bonds is 12. The molecule has 14 heteroatoms. The first kappa shape index (κ1) is 23.5. The Kier molecular flexibility index (Phi) is 9.76. The Bertz CT molecular complexity index is 749. The highest BCUT2D eigenvalue weighted by Crippen LogP contribution is 1.99. The third-order valence-corrected chi connectivity index (χ3v) is 3.40. The molecule has 160 valence electrons. The van der Waals surface area contributed by atoms with E-state index in [0.717, 1.165) is 0 Å². The van der Waals surface area contributed by atoms with Crippen molar-refractivity contribution < 1.29 is 29.1 Å². The molecule has 0 aliphatic rings. The van der Waals surface area contributed by atoms with Gasteiger partial charge in [0.15, 0.2) is 0 Å². The normalized spacial score (nSPS) is 11.2. The summed E-state index contributed by atoms with van der Waals surface area (Å²) in [4.78, 5) is 60.2. The molecule has 0 radical (unpaired) electrons. The molecule has 0 saturated heterocycles. The van der Waals surface area contributed by atoms with Crippen LogP contribution in [0.2, 0.25) is 0 Å². The van der Waals surface area contributed by atoms with Crippen LogP contribution in [0.25, 0.3) is 0 Å². The van der Waals surface area contributed by atoms with Crippen LogP contribution in [0.3, 0.4) is 0 Å². The van der Waals surface area contributed by atoms with Crippen LogP contribution in [0.15, 0.2) is 12.5 Å². The first-order valence-electron chi connectivity index (χ1n) is 8.47. The summed E-state index contributed by atoms with van der Waals surface area (Å²) in [6.07, 6.45) is 3.08. The fraction of sp³-hybridized carbons (Fsp3) is 0.467. The van der Waals surface area contributed by atoms with Gasteiger partial charge in [-0.05, 0) is 0 Å². The number of carboxylic acid groups (broad SMARTS) is 1. The summed E-state index contributed by atoms with van der Waals surface area (Å²) in [5, 5.41) is 17.7. The van der Waals surface area contributed by atoms with E-state index in [2.05, 4.69) is 26.3 Å². The number of carboxylic acids is 1. The average Bonchev–Trinajstić information content (AvgIpc) is 3.13. The van der Waals surface area contributed by atoms with E-state index in [-0.39, 0.29) is 26.2 Å². The summed E-state index contributed by atoms with van der Waals surface area (Å²) < 4.78 is 1.54. The Labute approximate surface area is 165 Å². The molecule has 4 amide bonds. The molecule has 1 aromatic heterocycles. The van der Waals surface area contributed by atoms with E-state index in [1.807, 2.05) is 0 Å². The van der Waals surface area contributed by atoms with Crippen molar-refractivity contribution in [3.63, 3.8) is 0 Å². The van der Waals surface area contributed by atoms with Crippen molar-refractivity contribution in [1.29, 1.82) is 0 Å². The number of amides is 4. The number of carbonyl (C=O) groups is 5. The molecule has 1 heterocycles. The number of nitrogens with two attached hydrogens (primary N) is 2. The Balaban J connectivity index is 2.35. The van der Waals surface area contributed by atoms with Gasteiger partial charge in [-0.2, -0.15) is 0 Å². The molecule has 29 heavy (non-hydrogen) atoms. The molecule has 1 rings (SSSR count). The first-order valence-corrected chi connectivity index (χ1v) is 8.47. The lowest BCUT2D eigenvalue weighted by atomic mass is 10.1. The van der Waals surface area contributed by atoms with Gasteiger partial charge in [0.25, 0.3) is 0 Å². The van der Waals surface area contributed by atoms with E-state index in [0.29, 0.717) is 5.69 Å². The molecule has 0 aromatic carbocycles. The third kappa shape index (κ3) is 9.83. The van der Waals surface area contributed by atoms with E-state index >= 15 is 0 Å². The van der Waals surface area contributed by atoms with Crippen LogP contribution in [0.4, 0.5) is 0 Å². The van der Waals surface area contributed by atoms with E-state index in [1.165, 1.54) is 6.33 Å². The van der Waals surface area contributed by atoms with Crippen molar-refractivity contribution >= 4 is 29.6 Å². The predicted molar refractivity (Wildman–Crippen MR) is 97.8 cm³/mol. The lowest BCUT2D eigenvalue weighted by molar-refractivity contribution is -0.137. The molecule has 0 saturated carbocycles. The zero-order chi connectivity index (χ0) is 21.8. The number of hydrogen-bond donors (Lipinski definition) is 7. The molecular formula is C15H24N8O6. The molecule has 1 aromatic rings. The van der Waals surface area contributed by atoms with E-state index < -0.39 is 48.7 Å². The van der Waals surface area contributed by atoms with Crippen LogP contribution in [0, 0.1) is 0 Å². The van der Waals surface area contributed by atoms with Crippen LogP contribution >= 0.6 is 0 Å². The quantitative estimate of drug-likeness (QED) is 0.175. The fourth-order valence-corrected chi connectivity index (χ4v) is 1.94. The van der Waals surface area contributed by atoms with Crippen molar-refractivity contribution in [1.82, 2.24) is 30.8 Å². The summed E-state index contributed by atoms with van der Waals surface area (Å²) in [6.45, 7) is -1.27. The van der Waals surface area contributed by atoms with Crippen LogP contribution < -0.4 is 32.7 Å². The topological polar surface area (TPSA) is 224 Å². The molecule has 0 fully saturated rings. The van der Waals surface area contributed by atoms with Gasteiger partial charge < -0.3 is 42.4 Å². The molecule has 0 aliphatic heterocycles. The average molecular weight is 412 g/mol. The number of nitrogens with zero attached hydrogens (tertiary/aromatic N) is 2. The predicted octanol–water partition coefficient (Wildman–Crippen LogP) is -4.78. The van der Waals surface area contributed by atoms with Gasteiger partial charge in [-0.25, -0.2) is 4.98 Å². The highest BCUT2D eigenvalue weighted by Gasteiger charge is 2.16. The summed E-state index contributed by atoms with van der Waals surface area (Å²) in [5.41, 5.74) is 11.4. The number of hydrogen-bond acceptors (Lipinski definition) is 8. The lowest BCUT2D eigenvalue weighted by Crippen LogP contribution is -2.46. The molecule has 0 spiro atoms. The second-order valence-corrected chi connectivity index (χ2v) is 5.82. The van der Waals surface area contributed by atoms with Crippen molar-refractivity contribution in [3.8, 4) is 0 Å². The Morgan fingerprint density at radius 3 is 2.28 bits per heavy atom.